The molecule has 5 rings (SSSR count). The number of nitrogens with one attached hydrogen (secondary N) is 1. The molecule has 1 N–H and O–H groups in total. The van der Waals surface area contributed by atoms with Crippen LogP contribution in [0.15, 0.2) is 48.9 Å². The van der Waals surface area contributed by atoms with E-state index in [9.17, 15) is 18.0 Å². The quantitative estimate of drug-likeness (QED) is 0.560. The van der Waals surface area contributed by atoms with Crippen molar-refractivity contribution < 1.29 is 18.0 Å². The molecule has 2 aromatic heterocycles. The monoisotopic (exact) mass is 488 g/mol. The van der Waals surface area contributed by atoms with Gasteiger partial charge in [0.05, 0.1) is 5.56 Å². The predicted octanol–water partition coefficient (Wildman–Crippen LogP) is 4.71. The molecule has 1 saturated carbocycles. The number of rotatable bonds is 5. The number of aromatic nitrogens is 4. The van der Waals surface area contributed by atoms with Gasteiger partial charge in [0.15, 0.2) is 5.82 Å². The highest BCUT2D eigenvalue weighted by Crippen LogP contribution is 2.55. The van der Waals surface area contributed by atoms with Gasteiger partial charge in [0.2, 0.25) is 5.95 Å². The Kier molecular flexibility index (Phi) is 5.63. The van der Waals surface area contributed by atoms with Gasteiger partial charge in [-0.3, -0.25) is 4.79 Å². The van der Waals surface area contributed by atoms with Crippen LogP contribution in [0.2, 0.25) is 5.02 Å². The number of benzene rings is 1. The molecule has 1 amide bonds. The fraction of sp³-hybridized carbons (Fsp3) is 0.348. The van der Waals surface area contributed by atoms with Crippen LogP contribution in [0.25, 0.3) is 11.4 Å². The predicted molar refractivity (Wildman–Crippen MR) is 119 cm³/mol. The van der Waals surface area contributed by atoms with E-state index in [0.29, 0.717) is 28.5 Å². The molecule has 176 valence electrons. The first-order valence-corrected chi connectivity index (χ1v) is 11.1. The molecule has 11 heteroatoms. The Hall–Kier alpha value is -3.27. The van der Waals surface area contributed by atoms with Gasteiger partial charge in [-0.15, -0.1) is 0 Å². The number of hydrogen-bond acceptors (Lipinski definition) is 6. The summed E-state index contributed by atoms with van der Waals surface area (Å²) >= 11 is 6.22. The molecule has 1 aliphatic carbocycles. The van der Waals surface area contributed by atoms with Crippen LogP contribution in [0.1, 0.15) is 35.3 Å². The van der Waals surface area contributed by atoms with Crippen LogP contribution >= 0.6 is 11.6 Å². The third-order valence-electron chi connectivity index (χ3n) is 6.29. The number of alkyl halides is 3. The zero-order valence-corrected chi connectivity index (χ0v) is 18.6. The molecule has 0 unspecified atom stereocenters. The molecular weight excluding hydrogens is 469 g/mol. The summed E-state index contributed by atoms with van der Waals surface area (Å²) < 4.78 is 39.0. The Morgan fingerprint density at radius 1 is 1.15 bits per heavy atom. The van der Waals surface area contributed by atoms with Gasteiger partial charge in [0.1, 0.15) is 5.69 Å². The highest BCUT2D eigenvalue weighted by molar-refractivity contribution is 6.31. The summed E-state index contributed by atoms with van der Waals surface area (Å²) in [5.74, 6) is 0.0699. The number of amides is 1. The second-order valence-corrected chi connectivity index (χ2v) is 9.13. The summed E-state index contributed by atoms with van der Waals surface area (Å²) in [7, 11) is 0. The molecule has 1 atom stereocenters. The molecule has 1 aliphatic heterocycles. The van der Waals surface area contributed by atoms with Crippen LogP contribution in [0.5, 0.6) is 0 Å². The van der Waals surface area contributed by atoms with Gasteiger partial charge in [-0.1, -0.05) is 11.6 Å². The Morgan fingerprint density at radius 3 is 2.62 bits per heavy atom. The van der Waals surface area contributed by atoms with Gasteiger partial charge in [-0.2, -0.15) is 13.2 Å². The lowest BCUT2D eigenvalue weighted by Gasteiger charge is -2.26. The topological polar surface area (TPSA) is 83.9 Å². The second kappa shape index (κ2) is 8.50. The van der Waals surface area contributed by atoms with Crippen LogP contribution in [-0.4, -0.2) is 49.9 Å². The standard InChI is InChI=1S/C23H20ClF3N6O/c24-14-2-3-16(19-28-7-1-8-29-19)17(10-14)20(34)33-13-22(5-6-22)11-15(33)12-31-21-30-9-4-18(32-21)23(25,26)27/h1-4,7-10,15H,5-6,11-13H2,(H,30,31,32)/t15-/m0/s1. The molecule has 0 bridgehead atoms. The van der Waals surface area contributed by atoms with Crippen molar-refractivity contribution in [3.8, 4) is 11.4 Å². The van der Waals surface area contributed by atoms with Crippen molar-refractivity contribution in [3.05, 3.63) is 65.2 Å². The molecule has 1 spiro atoms. The van der Waals surface area contributed by atoms with Crippen molar-refractivity contribution in [2.45, 2.75) is 31.5 Å². The van der Waals surface area contributed by atoms with Crippen molar-refractivity contribution in [2.24, 2.45) is 5.41 Å². The number of nitrogens with zero attached hydrogens (tertiary/aromatic N) is 5. The lowest BCUT2D eigenvalue weighted by atomic mass is 10.0. The summed E-state index contributed by atoms with van der Waals surface area (Å²) in [4.78, 5) is 31.5. The molecule has 3 heterocycles. The number of halogens is 4. The second-order valence-electron chi connectivity index (χ2n) is 8.70. The maximum Gasteiger partial charge on any atom is 0.433 e. The summed E-state index contributed by atoms with van der Waals surface area (Å²) in [5.41, 5.74) is -0.00981. The van der Waals surface area contributed by atoms with Crippen LogP contribution < -0.4 is 5.32 Å². The summed E-state index contributed by atoms with van der Waals surface area (Å²) in [5, 5.41) is 3.30. The van der Waals surface area contributed by atoms with E-state index in [1.165, 1.54) is 0 Å². The third kappa shape index (κ3) is 4.54. The van der Waals surface area contributed by atoms with E-state index in [-0.39, 0.29) is 29.9 Å². The largest absolute Gasteiger partial charge is 0.433 e. The Bertz CT molecular complexity index is 1220. The summed E-state index contributed by atoms with van der Waals surface area (Å²) in [6.45, 7) is 0.801. The van der Waals surface area contributed by atoms with Crippen molar-refractivity contribution in [2.75, 3.05) is 18.4 Å². The highest BCUT2D eigenvalue weighted by atomic mass is 35.5. The molecular formula is C23H20ClF3N6O. The molecule has 7 nitrogen and oxygen atoms in total. The van der Waals surface area contributed by atoms with Crippen molar-refractivity contribution in [1.29, 1.82) is 0 Å². The van der Waals surface area contributed by atoms with Crippen LogP contribution in [0.4, 0.5) is 19.1 Å². The zero-order valence-electron chi connectivity index (χ0n) is 17.9. The minimum atomic E-state index is -4.56. The zero-order chi connectivity index (χ0) is 23.9. The maximum atomic E-state index is 13.7. The van der Waals surface area contributed by atoms with Gasteiger partial charge < -0.3 is 10.2 Å². The van der Waals surface area contributed by atoms with Gasteiger partial charge in [0, 0.05) is 48.3 Å². The van der Waals surface area contributed by atoms with Gasteiger partial charge >= 0.3 is 6.18 Å². The molecule has 0 radical (unpaired) electrons. The average molecular weight is 489 g/mol. The van der Waals surface area contributed by atoms with E-state index in [4.69, 9.17) is 11.6 Å². The molecule has 34 heavy (non-hydrogen) atoms. The number of likely N-dealkylation sites (tertiary alicyclic amines) is 1. The van der Waals surface area contributed by atoms with E-state index >= 15 is 0 Å². The molecule has 2 aliphatic rings. The van der Waals surface area contributed by atoms with Crippen LogP contribution in [0, 0.1) is 5.41 Å². The van der Waals surface area contributed by atoms with Crippen molar-refractivity contribution in [3.63, 3.8) is 0 Å². The Balaban J connectivity index is 1.40. The van der Waals surface area contributed by atoms with E-state index in [1.807, 2.05) is 0 Å². The SMILES string of the molecule is O=C(c1cc(Cl)ccc1-c1ncccn1)N1CC2(CC2)C[C@H]1CNc1nccc(C(F)(F)F)n1. The lowest BCUT2D eigenvalue weighted by Crippen LogP contribution is -2.40. The summed E-state index contributed by atoms with van der Waals surface area (Å²) in [6.07, 6.45) is 2.48. The average Bonchev–Trinajstić information content (AvgIpc) is 3.48. The first-order chi connectivity index (χ1) is 16.2. The fourth-order valence-corrected chi connectivity index (χ4v) is 4.59. The van der Waals surface area contributed by atoms with Gasteiger partial charge in [0.25, 0.3) is 5.91 Å². The first kappa shape index (κ1) is 22.5. The highest BCUT2D eigenvalue weighted by Gasteiger charge is 2.53. The molecule has 3 aromatic rings. The van der Waals surface area contributed by atoms with E-state index in [0.717, 1.165) is 31.5 Å². The summed E-state index contributed by atoms with van der Waals surface area (Å²) in [6, 6.07) is 7.28. The maximum absolute atomic E-state index is 13.7. The van der Waals surface area contributed by atoms with Gasteiger partial charge in [-0.25, -0.2) is 19.9 Å². The first-order valence-electron chi connectivity index (χ1n) is 10.8. The van der Waals surface area contributed by atoms with E-state index in [2.05, 4.69) is 25.3 Å². The Labute approximate surface area is 198 Å². The fourth-order valence-electron chi connectivity index (χ4n) is 4.42. The Morgan fingerprint density at radius 2 is 1.91 bits per heavy atom. The minimum Gasteiger partial charge on any atom is -0.352 e. The van der Waals surface area contributed by atoms with Crippen molar-refractivity contribution >= 4 is 23.5 Å². The van der Waals surface area contributed by atoms with Gasteiger partial charge in [-0.05, 0) is 55.0 Å². The molecule has 2 fully saturated rings. The van der Waals surface area contributed by atoms with E-state index in [1.54, 1.807) is 41.6 Å². The van der Waals surface area contributed by atoms with Crippen LogP contribution in [-0.2, 0) is 6.18 Å². The number of anilines is 1. The lowest BCUT2D eigenvalue weighted by molar-refractivity contribution is -0.141. The normalized spacial score (nSPS) is 18.8. The van der Waals surface area contributed by atoms with Crippen molar-refractivity contribution in [1.82, 2.24) is 24.8 Å². The van der Waals surface area contributed by atoms with Crippen LogP contribution in [0.3, 0.4) is 0 Å². The molecule has 1 saturated heterocycles. The number of carbonyl (C=O) groups excluding carboxylic acids is 1. The minimum absolute atomic E-state index is 0.0542. The number of carbonyl (C=O) groups is 1. The smallest absolute Gasteiger partial charge is 0.352 e. The van der Waals surface area contributed by atoms with E-state index < -0.39 is 11.9 Å². The number of hydrogen-bond donors (Lipinski definition) is 1. The molecule has 1 aromatic carbocycles. The third-order valence-corrected chi connectivity index (χ3v) is 6.53.